The normalized spacial score (nSPS) is 11.5. The van der Waals surface area contributed by atoms with Crippen molar-refractivity contribution in [3.05, 3.63) is 29.8 Å². The van der Waals surface area contributed by atoms with E-state index < -0.39 is 6.61 Å². The van der Waals surface area contributed by atoms with Gasteiger partial charge in [0.1, 0.15) is 5.75 Å². The minimum atomic E-state index is -2.85. The molecule has 0 saturated carbocycles. The fourth-order valence-corrected chi connectivity index (χ4v) is 1.85. The minimum Gasteiger partial charge on any atom is -0.435 e. The van der Waals surface area contributed by atoms with Crippen molar-refractivity contribution in [1.29, 1.82) is 0 Å². The van der Waals surface area contributed by atoms with Gasteiger partial charge in [-0.3, -0.25) is 4.99 Å². The average molecular weight is 267 g/mol. The smallest absolute Gasteiger partial charge is 0.387 e. The van der Waals surface area contributed by atoms with Crippen molar-refractivity contribution < 1.29 is 13.5 Å². The van der Waals surface area contributed by atoms with Crippen LogP contribution in [0.1, 0.15) is 38.8 Å². The lowest BCUT2D eigenvalue weighted by Crippen LogP contribution is -2.13. The van der Waals surface area contributed by atoms with Gasteiger partial charge in [-0.1, -0.05) is 27.4 Å². The van der Waals surface area contributed by atoms with Crippen LogP contribution in [0.2, 0.25) is 0 Å². The molecule has 0 N–H and O–H groups in total. The molecule has 1 aromatic carbocycles. The lowest BCUT2D eigenvalue weighted by atomic mass is 9.83. The molecule has 19 heavy (non-hydrogen) atoms. The summed E-state index contributed by atoms with van der Waals surface area (Å²) < 4.78 is 29.3. The van der Waals surface area contributed by atoms with Crippen molar-refractivity contribution in [3.63, 3.8) is 0 Å². The topological polar surface area (TPSA) is 21.6 Å². The van der Waals surface area contributed by atoms with E-state index in [4.69, 9.17) is 0 Å². The molecule has 0 amide bonds. The third-order valence-corrected chi connectivity index (χ3v) is 2.73. The zero-order valence-corrected chi connectivity index (χ0v) is 11.8. The quantitative estimate of drug-likeness (QED) is 0.707. The van der Waals surface area contributed by atoms with Crippen LogP contribution >= 0.6 is 0 Å². The van der Waals surface area contributed by atoms with Crippen molar-refractivity contribution in [2.45, 2.75) is 39.7 Å². The standard InChI is InChI=1S/C15H19F2NO/c1-9(2)11-7-10(19-14(16)17)8-12(13(11)18-6)15(3,4)5/h7-8,14H,1,6H2,2-5H3. The molecule has 0 aromatic heterocycles. The zero-order valence-electron chi connectivity index (χ0n) is 11.8. The molecule has 0 aliphatic rings. The minimum absolute atomic E-state index is 0.116. The first-order valence-electron chi connectivity index (χ1n) is 5.92. The van der Waals surface area contributed by atoms with E-state index in [1.165, 1.54) is 6.07 Å². The van der Waals surface area contributed by atoms with Gasteiger partial charge in [0.15, 0.2) is 0 Å². The second-order valence-electron chi connectivity index (χ2n) is 5.43. The molecule has 0 heterocycles. The zero-order chi connectivity index (χ0) is 14.8. The second-order valence-corrected chi connectivity index (χ2v) is 5.43. The molecular formula is C15H19F2NO. The summed E-state index contributed by atoms with van der Waals surface area (Å²) in [6.45, 7) is 12.3. The maximum Gasteiger partial charge on any atom is 0.387 e. The van der Waals surface area contributed by atoms with Gasteiger partial charge in [-0.15, -0.1) is 0 Å². The Bertz CT molecular complexity index is 502. The van der Waals surface area contributed by atoms with E-state index in [2.05, 4.69) is 23.0 Å². The van der Waals surface area contributed by atoms with Crippen molar-refractivity contribution in [2.24, 2.45) is 4.99 Å². The highest BCUT2D eigenvalue weighted by Crippen LogP contribution is 2.40. The number of hydrogen-bond donors (Lipinski definition) is 0. The Hall–Kier alpha value is -1.71. The Morgan fingerprint density at radius 1 is 1.32 bits per heavy atom. The molecule has 1 aromatic rings. The number of benzene rings is 1. The van der Waals surface area contributed by atoms with Crippen molar-refractivity contribution >= 4 is 18.0 Å². The van der Waals surface area contributed by atoms with Gasteiger partial charge < -0.3 is 4.74 Å². The van der Waals surface area contributed by atoms with Gasteiger partial charge in [0.05, 0.1) is 5.69 Å². The van der Waals surface area contributed by atoms with Crippen molar-refractivity contribution in [2.75, 3.05) is 0 Å². The number of halogens is 2. The number of alkyl halides is 2. The Balaban J connectivity index is 3.54. The summed E-state index contributed by atoms with van der Waals surface area (Å²) in [6, 6.07) is 3.11. The van der Waals surface area contributed by atoms with Gasteiger partial charge in [0.25, 0.3) is 0 Å². The number of hydrogen-bond acceptors (Lipinski definition) is 2. The van der Waals surface area contributed by atoms with E-state index in [-0.39, 0.29) is 11.2 Å². The first-order chi connectivity index (χ1) is 8.66. The third kappa shape index (κ3) is 3.63. The Labute approximate surface area is 112 Å². The summed E-state index contributed by atoms with van der Waals surface area (Å²) >= 11 is 0. The predicted molar refractivity (Wildman–Crippen MR) is 75.7 cm³/mol. The summed E-state index contributed by atoms with van der Waals surface area (Å²) in [6.07, 6.45) is 0. The molecule has 0 saturated heterocycles. The molecular weight excluding hydrogens is 248 g/mol. The summed E-state index contributed by atoms with van der Waals surface area (Å²) in [5.41, 5.74) is 2.62. The molecule has 1 rings (SSSR count). The van der Waals surface area contributed by atoms with Crippen LogP contribution in [-0.2, 0) is 5.41 Å². The fraction of sp³-hybridized carbons (Fsp3) is 0.400. The molecule has 0 radical (unpaired) electrons. The van der Waals surface area contributed by atoms with Crippen LogP contribution in [0, 0.1) is 0 Å². The highest BCUT2D eigenvalue weighted by atomic mass is 19.3. The number of nitrogens with zero attached hydrogens (tertiary/aromatic N) is 1. The van der Waals surface area contributed by atoms with Crippen molar-refractivity contribution in [1.82, 2.24) is 0 Å². The van der Waals surface area contributed by atoms with Crippen LogP contribution in [-0.4, -0.2) is 13.3 Å². The summed E-state index contributed by atoms with van der Waals surface area (Å²) in [7, 11) is 0. The lowest BCUT2D eigenvalue weighted by Gasteiger charge is -2.24. The molecule has 2 nitrogen and oxygen atoms in total. The second kappa shape index (κ2) is 5.51. The summed E-state index contributed by atoms with van der Waals surface area (Å²) in [5, 5.41) is 0. The van der Waals surface area contributed by atoms with Gasteiger partial charge in [-0.05, 0) is 42.3 Å². The Morgan fingerprint density at radius 2 is 1.89 bits per heavy atom. The first-order valence-corrected chi connectivity index (χ1v) is 5.92. The highest BCUT2D eigenvalue weighted by molar-refractivity contribution is 5.77. The highest BCUT2D eigenvalue weighted by Gasteiger charge is 2.22. The number of ether oxygens (including phenoxy) is 1. The molecule has 0 spiro atoms. The van der Waals surface area contributed by atoms with Gasteiger partial charge in [0, 0.05) is 5.56 Å². The summed E-state index contributed by atoms with van der Waals surface area (Å²) in [4.78, 5) is 4.02. The predicted octanol–water partition coefficient (Wildman–Crippen LogP) is 4.95. The number of aliphatic imine (C=N–C) groups is 1. The van der Waals surface area contributed by atoms with Gasteiger partial charge in [-0.2, -0.15) is 8.78 Å². The maximum atomic E-state index is 12.4. The monoisotopic (exact) mass is 267 g/mol. The average Bonchev–Trinajstić information content (AvgIpc) is 2.25. The van der Waals surface area contributed by atoms with Gasteiger partial charge in [0.2, 0.25) is 0 Å². The van der Waals surface area contributed by atoms with Gasteiger partial charge >= 0.3 is 6.61 Å². The molecule has 0 aliphatic carbocycles. The van der Waals surface area contributed by atoms with Crippen LogP contribution < -0.4 is 4.74 Å². The van der Waals surface area contributed by atoms with E-state index in [1.54, 1.807) is 13.0 Å². The van der Waals surface area contributed by atoms with E-state index >= 15 is 0 Å². The Kier molecular flexibility index (Phi) is 4.45. The lowest BCUT2D eigenvalue weighted by molar-refractivity contribution is -0.0499. The van der Waals surface area contributed by atoms with Crippen LogP contribution in [0.3, 0.4) is 0 Å². The van der Waals surface area contributed by atoms with Gasteiger partial charge in [-0.25, -0.2) is 0 Å². The maximum absolute atomic E-state index is 12.4. The van der Waals surface area contributed by atoms with E-state index in [9.17, 15) is 8.78 Å². The molecule has 4 heteroatoms. The largest absolute Gasteiger partial charge is 0.435 e. The van der Waals surface area contributed by atoms with Crippen molar-refractivity contribution in [3.8, 4) is 5.75 Å². The molecule has 104 valence electrons. The van der Waals surface area contributed by atoms with Crippen LogP contribution in [0.5, 0.6) is 5.75 Å². The third-order valence-electron chi connectivity index (χ3n) is 2.73. The molecule has 0 aliphatic heterocycles. The van der Waals surface area contributed by atoms with Crippen LogP contribution in [0.15, 0.2) is 23.7 Å². The van der Waals surface area contributed by atoms with E-state index in [0.717, 1.165) is 11.1 Å². The Morgan fingerprint density at radius 3 is 2.26 bits per heavy atom. The van der Waals surface area contributed by atoms with Crippen LogP contribution in [0.25, 0.3) is 5.57 Å². The SMILES string of the molecule is C=Nc1c(C(=C)C)cc(OC(F)F)cc1C(C)(C)C. The molecule has 0 atom stereocenters. The summed E-state index contributed by atoms with van der Waals surface area (Å²) in [5.74, 6) is 0.116. The molecule has 0 bridgehead atoms. The van der Waals surface area contributed by atoms with Crippen LogP contribution in [0.4, 0.5) is 14.5 Å². The molecule has 0 unspecified atom stereocenters. The number of rotatable bonds is 4. The van der Waals surface area contributed by atoms with E-state index in [1.807, 2.05) is 20.8 Å². The molecule has 0 fully saturated rings. The first kappa shape index (κ1) is 15.3. The van der Waals surface area contributed by atoms with E-state index in [0.29, 0.717) is 11.3 Å². The number of allylic oxidation sites excluding steroid dienone is 1. The fourth-order valence-electron chi connectivity index (χ4n) is 1.85.